The Morgan fingerprint density at radius 3 is 3.00 bits per heavy atom. The summed E-state index contributed by atoms with van der Waals surface area (Å²) in [6.07, 6.45) is 4.52. The molecule has 0 aliphatic carbocycles. The maximum Gasteiger partial charge on any atom is 0.185 e. The Kier molecular flexibility index (Phi) is 3.47. The van der Waals surface area contributed by atoms with Gasteiger partial charge in [0.05, 0.1) is 10.6 Å². The standard InChI is InChI=1S/C12H16N4S2/c1-2-13-11-15-9(8-17-11)10-7-14-12(18-10)16-5-3-4-6-16/h7-8H,2-6H2,1H3,(H,13,15). The molecule has 1 fully saturated rings. The zero-order valence-electron chi connectivity index (χ0n) is 10.3. The average molecular weight is 280 g/mol. The maximum atomic E-state index is 4.57. The van der Waals surface area contributed by atoms with Crippen molar-refractivity contribution in [1.29, 1.82) is 0 Å². The number of anilines is 2. The van der Waals surface area contributed by atoms with Crippen LogP contribution in [-0.4, -0.2) is 29.6 Å². The molecule has 2 aromatic rings. The highest BCUT2D eigenvalue weighted by molar-refractivity contribution is 7.19. The lowest BCUT2D eigenvalue weighted by molar-refractivity contribution is 0.949. The molecule has 3 heterocycles. The van der Waals surface area contributed by atoms with Gasteiger partial charge in [0.1, 0.15) is 0 Å². The Balaban J connectivity index is 1.78. The van der Waals surface area contributed by atoms with Crippen molar-refractivity contribution in [1.82, 2.24) is 9.97 Å². The average Bonchev–Trinajstić information content (AvgIpc) is 3.10. The number of nitrogens with zero attached hydrogens (tertiary/aromatic N) is 3. The Morgan fingerprint density at radius 1 is 1.39 bits per heavy atom. The van der Waals surface area contributed by atoms with E-state index in [4.69, 9.17) is 0 Å². The number of hydrogen-bond acceptors (Lipinski definition) is 6. The van der Waals surface area contributed by atoms with Gasteiger partial charge >= 0.3 is 0 Å². The zero-order chi connectivity index (χ0) is 12.4. The van der Waals surface area contributed by atoms with Crippen molar-refractivity contribution in [3.63, 3.8) is 0 Å². The molecule has 0 radical (unpaired) electrons. The molecule has 0 saturated carbocycles. The second kappa shape index (κ2) is 5.24. The van der Waals surface area contributed by atoms with Crippen LogP contribution in [0.15, 0.2) is 11.6 Å². The smallest absolute Gasteiger partial charge is 0.185 e. The van der Waals surface area contributed by atoms with Gasteiger partial charge in [-0.15, -0.1) is 11.3 Å². The highest BCUT2D eigenvalue weighted by atomic mass is 32.1. The van der Waals surface area contributed by atoms with Crippen LogP contribution in [0.5, 0.6) is 0 Å². The Hall–Kier alpha value is -1.14. The zero-order valence-corrected chi connectivity index (χ0v) is 12.0. The van der Waals surface area contributed by atoms with E-state index in [1.165, 1.54) is 12.8 Å². The van der Waals surface area contributed by atoms with Gasteiger partial charge in [-0.25, -0.2) is 9.97 Å². The first-order chi connectivity index (χ1) is 8.86. The molecule has 2 aromatic heterocycles. The first kappa shape index (κ1) is 11.9. The van der Waals surface area contributed by atoms with Gasteiger partial charge < -0.3 is 10.2 Å². The Morgan fingerprint density at radius 2 is 2.22 bits per heavy atom. The summed E-state index contributed by atoms with van der Waals surface area (Å²) in [5.41, 5.74) is 1.04. The SMILES string of the molecule is CCNc1nc(-c2cnc(N3CCCC3)s2)cs1. The van der Waals surface area contributed by atoms with Crippen molar-refractivity contribution < 1.29 is 0 Å². The van der Waals surface area contributed by atoms with Crippen LogP contribution in [-0.2, 0) is 0 Å². The summed E-state index contributed by atoms with van der Waals surface area (Å²) in [6.45, 7) is 5.28. The van der Waals surface area contributed by atoms with Gasteiger partial charge in [0.2, 0.25) is 0 Å². The lowest BCUT2D eigenvalue weighted by Crippen LogP contribution is -2.16. The molecule has 0 amide bonds. The number of thiazole rings is 2. The van der Waals surface area contributed by atoms with E-state index in [-0.39, 0.29) is 0 Å². The van der Waals surface area contributed by atoms with Crippen LogP contribution in [0.3, 0.4) is 0 Å². The lowest BCUT2D eigenvalue weighted by atomic mass is 10.4. The minimum Gasteiger partial charge on any atom is -0.362 e. The van der Waals surface area contributed by atoms with Gasteiger partial charge in [0, 0.05) is 31.2 Å². The predicted molar refractivity (Wildman–Crippen MR) is 78.8 cm³/mol. The van der Waals surface area contributed by atoms with Crippen molar-refractivity contribution >= 4 is 32.9 Å². The van der Waals surface area contributed by atoms with Gasteiger partial charge in [-0.05, 0) is 19.8 Å². The molecule has 0 aromatic carbocycles. The first-order valence-electron chi connectivity index (χ1n) is 6.27. The molecule has 0 atom stereocenters. The highest BCUT2D eigenvalue weighted by Crippen LogP contribution is 2.33. The van der Waals surface area contributed by atoms with Crippen molar-refractivity contribution in [3.8, 4) is 10.6 Å². The third-order valence-corrected chi connectivity index (χ3v) is 4.84. The van der Waals surface area contributed by atoms with E-state index in [2.05, 4.69) is 32.5 Å². The minimum atomic E-state index is 0.911. The molecule has 0 bridgehead atoms. The fourth-order valence-corrected chi connectivity index (χ4v) is 3.84. The summed E-state index contributed by atoms with van der Waals surface area (Å²) in [4.78, 5) is 12.6. The monoisotopic (exact) mass is 280 g/mol. The van der Waals surface area contributed by atoms with Crippen LogP contribution in [0, 0.1) is 0 Å². The van der Waals surface area contributed by atoms with Crippen molar-refractivity contribution in [3.05, 3.63) is 11.6 Å². The molecule has 1 aliphatic heterocycles. The molecule has 1 saturated heterocycles. The molecule has 1 aliphatic rings. The van der Waals surface area contributed by atoms with E-state index in [1.54, 1.807) is 22.7 Å². The number of aromatic nitrogens is 2. The van der Waals surface area contributed by atoms with Gasteiger partial charge in [0.15, 0.2) is 10.3 Å². The molecule has 0 unspecified atom stereocenters. The fraction of sp³-hybridized carbons (Fsp3) is 0.500. The van der Waals surface area contributed by atoms with Crippen molar-refractivity contribution in [2.45, 2.75) is 19.8 Å². The first-order valence-corrected chi connectivity index (χ1v) is 7.97. The molecule has 96 valence electrons. The highest BCUT2D eigenvalue weighted by Gasteiger charge is 2.16. The Bertz CT molecular complexity index is 514. The van der Waals surface area contributed by atoms with Crippen LogP contribution in [0.25, 0.3) is 10.6 Å². The second-order valence-corrected chi connectivity index (χ2v) is 6.14. The summed E-state index contributed by atoms with van der Waals surface area (Å²) in [7, 11) is 0. The lowest BCUT2D eigenvalue weighted by Gasteiger charge is -2.11. The van der Waals surface area contributed by atoms with E-state index < -0.39 is 0 Å². The molecule has 0 spiro atoms. The second-order valence-electron chi connectivity index (χ2n) is 4.27. The van der Waals surface area contributed by atoms with E-state index in [1.807, 2.05) is 6.20 Å². The molecular weight excluding hydrogens is 264 g/mol. The van der Waals surface area contributed by atoms with E-state index >= 15 is 0 Å². The summed E-state index contributed by atoms with van der Waals surface area (Å²) in [5.74, 6) is 0. The number of rotatable bonds is 4. The van der Waals surface area contributed by atoms with Gasteiger partial charge in [0.25, 0.3) is 0 Å². The van der Waals surface area contributed by atoms with Gasteiger partial charge in [-0.1, -0.05) is 11.3 Å². The van der Waals surface area contributed by atoms with E-state index in [9.17, 15) is 0 Å². The third-order valence-electron chi connectivity index (χ3n) is 2.95. The van der Waals surface area contributed by atoms with E-state index in [0.717, 1.165) is 40.5 Å². The normalized spacial score (nSPS) is 15.3. The Labute approximate surface area is 115 Å². The quantitative estimate of drug-likeness (QED) is 0.933. The largest absolute Gasteiger partial charge is 0.362 e. The molecule has 3 rings (SSSR count). The van der Waals surface area contributed by atoms with Crippen molar-refractivity contribution in [2.24, 2.45) is 0 Å². The van der Waals surface area contributed by atoms with Gasteiger partial charge in [-0.3, -0.25) is 0 Å². The van der Waals surface area contributed by atoms with Crippen LogP contribution in [0.4, 0.5) is 10.3 Å². The summed E-state index contributed by atoms with van der Waals surface area (Å²) < 4.78 is 0. The molecule has 6 heteroatoms. The summed E-state index contributed by atoms with van der Waals surface area (Å²) in [6, 6.07) is 0. The summed E-state index contributed by atoms with van der Waals surface area (Å²) >= 11 is 3.40. The third kappa shape index (κ3) is 2.35. The minimum absolute atomic E-state index is 0.911. The molecule has 4 nitrogen and oxygen atoms in total. The fourth-order valence-electron chi connectivity index (χ4n) is 2.06. The molecular formula is C12H16N4S2. The maximum absolute atomic E-state index is 4.57. The van der Waals surface area contributed by atoms with Crippen LogP contribution in [0.2, 0.25) is 0 Å². The topological polar surface area (TPSA) is 41.1 Å². The van der Waals surface area contributed by atoms with Crippen LogP contribution in [0.1, 0.15) is 19.8 Å². The van der Waals surface area contributed by atoms with Crippen LogP contribution >= 0.6 is 22.7 Å². The molecule has 1 N–H and O–H groups in total. The predicted octanol–water partition coefficient (Wildman–Crippen LogP) is 3.30. The van der Waals surface area contributed by atoms with Crippen molar-refractivity contribution in [2.75, 3.05) is 29.9 Å². The van der Waals surface area contributed by atoms with Gasteiger partial charge in [-0.2, -0.15) is 0 Å². The summed E-state index contributed by atoms with van der Waals surface area (Å²) in [5, 5.41) is 7.47. The van der Waals surface area contributed by atoms with E-state index in [0.29, 0.717) is 0 Å². The van der Waals surface area contributed by atoms with Crippen LogP contribution < -0.4 is 10.2 Å². The molecule has 18 heavy (non-hydrogen) atoms. The number of nitrogens with one attached hydrogen (secondary N) is 1. The number of hydrogen-bond donors (Lipinski definition) is 1.